The zero-order valence-electron chi connectivity index (χ0n) is 14.2. The molecule has 8 heteroatoms. The summed E-state index contributed by atoms with van der Waals surface area (Å²) < 4.78 is 37.6. The molecule has 0 radical (unpaired) electrons. The van der Waals surface area contributed by atoms with Gasteiger partial charge in [-0.2, -0.15) is 13.2 Å². The van der Waals surface area contributed by atoms with Crippen LogP contribution in [0.15, 0.2) is 30.3 Å². The fourth-order valence-electron chi connectivity index (χ4n) is 2.16. The Labute approximate surface area is 143 Å². The highest BCUT2D eigenvalue weighted by atomic mass is 19.4. The maximum Gasteiger partial charge on any atom is 0.416 e. The number of benzene rings is 1. The molecule has 1 aromatic heterocycles. The molecule has 1 heterocycles. The van der Waals surface area contributed by atoms with Crippen molar-refractivity contribution in [2.24, 2.45) is 0 Å². The second kappa shape index (κ2) is 7.50. The number of anilines is 1. The first-order chi connectivity index (χ1) is 11.6. The van der Waals surface area contributed by atoms with E-state index in [1.54, 1.807) is 11.0 Å². The highest BCUT2D eigenvalue weighted by Crippen LogP contribution is 2.29. The number of nitrogens with zero attached hydrogens (tertiary/aromatic N) is 3. The Morgan fingerprint density at radius 1 is 1.16 bits per heavy atom. The van der Waals surface area contributed by atoms with E-state index >= 15 is 0 Å². The largest absolute Gasteiger partial charge is 0.416 e. The minimum absolute atomic E-state index is 0.00272. The van der Waals surface area contributed by atoms with Crippen molar-refractivity contribution >= 4 is 11.9 Å². The number of hydrogen-bond donors (Lipinski definition) is 1. The third kappa shape index (κ3) is 5.44. The van der Waals surface area contributed by atoms with Crippen LogP contribution >= 0.6 is 0 Å². The zero-order chi connectivity index (χ0) is 18.6. The molecule has 0 bridgehead atoms. The second-order valence-corrected chi connectivity index (χ2v) is 5.84. The Balaban J connectivity index is 1.95. The molecule has 0 saturated carbocycles. The predicted molar refractivity (Wildman–Crippen MR) is 88.1 cm³/mol. The van der Waals surface area contributed by atoms with E-state index in [-0.39, 0.29) is 18.9 Å². The molecule has 1 aromatic carbocycles. The number of nitrogens with one attached hydrogen (secondary N) is 1. The van der Waals surface area contributed by atoms with Crippen LogP contribution in [0.4, 0.5) is 19.1 Å². The Kier molecular flexibility index (Phi) is 5.61. The standard InChI is InChI=1S/C17H19F3N4O/c1-11-8-14(23-16(22-11)24(2)3)10-21-15(25)9-12-4-6-13(7-5-12)17(18,19)20/h4-8H,9-10H2,1-3H3,(H,21,25). The number of carbonyl (C=O) groups excluding carboxylic acids is 1. The van der Waals surface area contributed by atoms with Gasteiger partial charge in [-0.15, -0.1) is 0 Å². The van der Waals surface area contributed by atoms with Gasteiger partial charge in [0.05, 0.1) is 24.2 Å². The van der Waals surface area contributed by atoms with Gasteiger partial charge in [0.25, 0.3) is 0 Å². The fraction of sp³-hybridized carbons (Fsp3) is 0.353. The van der Waals surface area contributed by atoms with E-state index in [9.17, 15) is 18.0 Å². The Bertz CT molecular complexity index is 743. The van der Waals surface area contributed by atoms with Crippen molar-refractivity contribution in [1.29, 1.82) is 0 Å². The normalized spacial score (nSPS) is 11.3. The summed E-state index contributed by atoms with van der Waals surface area (Å²) in [6.07, 6.45) is -4.38. The number of aromatic nitrogens is 2. The number of alkyl halides is 3. The van der Waals surface area contributed by atoms with Gasteiger partial charge >= 0.3 is 6.18 Å². The van der Waals surface area contributed by atoms with Crippen LogP contribution in [0.25, 0.3) is 0 Å². The van der Waals surface area contributed by atoms with E-state index in [0.717, 1.165) is 17.8 Å². The summed E-state index contributed by atoms with van der Waals surface area (Å²) in [4.78, 5) is 22.3. The van der Waals surface area contributed by atoms with Crippen LogP contribution in [0.2, 0.25) is 0 Å². The molecule has 0 aliphatic rings. The molecule has 2 aromatic rings. The van der Waals surface area contributed by atoms with Crippen molar-refractivity contribution in [3.05, 3.63) is 52.8 Å². The van der Waals surface area contributed by atoms with Gasteiger partial charge in [0, 0.05) is 19.8 Å². The van der Waals surface area contributed by atoms with Gasteiger partial charge in [-0.3, -0.25) is 4.79 Å². The predicted octanol–water partition coefficient (Wildman–Crippen LogP) is 2.73. The number of rotatable bonds is 5. The second-order valence-electron chi connectivity index (χ2n) is 5.84. The average Bonchev–Trinajstić information content (AvgIpc) is 2.52. The van der Waals surface area contributed by atoms with Gasteiger partial charge in [0.1, 0.15) is 0 Å². The lowest BCUT2D eigenvalue weighted by Crippen LogP contribution is -2.25. The zero-order valence-corrected chi connectivity index (χ0v) is 14.2. The highest BCUT2D eigenvalue weighted by molar-refractivity contribution is 5.78. The van der Waals surface area contributed by atoms with Gasteiger partial charge in [-0.25, -0.2) is 9.97 Å². The van der Waals surface area contributed by atoms with E-state index in [4.69, 9.17) is 0 Å². The molecule has 0 atom stereocenters. The molecular formula is C17H19F3N4O. The van der Waals surface area contributed by atoms with Crippen LogP contribution in [0, 0.1) is 6.92 Å². The molecule has 0 spiro atoms. The monoisotopic (exact) mass is 352 g/mol. The minimum Gasteiger partial charge on any atom is -0.350 e. The molecule has 1 N–H and O–H groups in total. The van der Waals surface area contributed by atoms with Gasteiger partial charge in [-0.05, 0) is 30.7 Å². The molecular weight excluding hydrogens is 333 g/mol. The molecule has 0 unspecified atom stereocenters. The molecule has 0 aliphatic heterocycles. The Hall–Kier alpha value is -2.64. The van der Waals surface area contributed by atoms with Crippen LogP contribution in [0.5, 0.6) is 0 Å². The van der Waals surface area contributed by atoms with Crippen LogP contribution in [0.1, 0.15) is 22.5 Å². The van der Waals surface area contributed by atoms with Crippen LogP contribution in [-0.4, -0.2) is 30.0 Å². The molecule has 25 heavy (non-hydrogen) atoms. The van der Waals surface area contributed by atoms with Crippen molar-refractivity contribution in [3.8, 4) is 0 Å². The fourth-order valence-corrected chi connectivity index (χ4v) is 2.16. The first kappa shape index (κ1) is 18.7. The van der Waals surface area contributed by atoms with E-state index in [2.05, 4.69) is 15.3 Å². The summed E-state index contributed by atoms with van der Waals surface area (Å²) >= 11 is 0. The van der Waals surface area contributed by atoms with Crippen molar-refractivity contribution in [2.45, 2.75) is 26.1 Å². The SMILES string of the molecule is Cc1cc(CNC(=O)Cc2ccc(C(F)(F)F)cc2)nc(N(C)C)n1. The summed E-state index contributed by atoms with van der Waals surface area (Å²) in [6, 6.07) is 6.33. The lowest BCUT2D eigenvalue weighted by atomic mass is 10.1. The van der Waals surface area contributed by atoms with Crippen molar-refractivity contribution < 1.29 is 18.0 Å². The van der Waals surface area contributed by atoms with E-state index in [1.165, 1.54) is 12.1 Å². The number of amides is 1. The highest BCUT2D eigenvalue weighted by Gasteiger charge is 2.29. The molecule has 0 aliphatic carbocycles. The third-order valence-corrected chi connectivity index (χ3v) is 3.41. The number of carbonyl (C=O) groups is 1. The molecule has 134 valence electrons. The van der Waals surface area contributed by atoms with Gasteiger partial charge < -0.3 is 10.2 Å². The van der Waals surface area contributed by atoms with Crippen LogP contribution in [0.3, 0.4) is 0 Å². The van der Waals surface area contributed by atoms with Gasteiger partial charge in [0.15, 0.2) is 0 Å². The number of aryl methyl sites for hydroxylation is 1. The Morgan fingerprint density at radius 3 is 2.36 bits per heavy atom. The Morgan fingerprint density at radius 2 is 1.80 bits per heavy atom. The van der Waals surface area contributed by atoms with E-state index in [0.29, 0.717) is 17.2 Å². The van der Waals surface area contributed by atoms with E-state index < -0.39 is 11.7 Å². The van der Waals surface area contributed by atoms with Crippen molar-refractivity contribution in [1.82, 2.24) is 15.3 Å². The summed E-state index contributed by atoms with van der Waals surface area (Å²) in [5.41, 5.74) is 1.23. The van der Waals surface area contributed by atoms with Crippen LogP contribution in [-0.2, 0) is 23.9 Å². The smallest absolute Gasteiger partial charge is 0.350 e. The van der Waals surface area contributed by atoms with Crippen molar-refractivity contribution in [3.63, 3.8) is 0 Å². The summed E-state index contributed by atoms with van der Waals surface area (Å²) in [5.74, 6) is 0.259. The number of halogens is 3. The maximum atomic E-state index is 12.5. The molecule has 0 fully saturated rings. The average molecular weight is 352 g/mol. The summed E-state index contributed by atoms with van der Waals surface area (Å²) in [7, 11) is 3.64. The first-order valence-corrected chi connectivity index (χ1v) is 7.60. The van der Waals surface area contributed by atoms with Gasteiger partial charge in [-0.1, -0.05) is 12.1 Å². The molecule has 0 saturated heterocycles. The number of hydrogen-bond acceptors (Lipinski definition) is 4. The summed E-state index contributed by atoms with van der Waals surface area (Å²) in [5, 5.41) is 2.72. The summed E-state index contributed by atoms with van der Waals surface area (Å²) in [6.45, 7) is 2.06. The van der Waals surface area contributed by atoms with E-state index in [1.807, 2.05) is 21.0 Å². The van der Waals surface area contributed by atoms with Gasteiger partial charge in [0.2, 0.25) is 11.9 Å². The van der Waals surface area contributed by atoms with Crippen molar-refractivity contribution in [2.75, 3.05) is 19.0 Å². The van der Waals surface area contributed by atoms with Crippen LogP contribution < -0.4 is 10.2 Å². The molecule has 2 rings (SSSR count). The lowest BCUT2D eigenvalue weighted by Gasteiger charge is -2.13. The maximum absolute atomic E-state index is 12.5. The minimum atomic E-state index is -4.38. The molecule has 1 amide bonds. The first-order valence-electron chi connectivity index (χ1n) is 7.60. The lowest BCUT2D eigenvalue weighted by molar-refractivity contribution is -0.137. The quantitative estimate of drug-likeness (QED) is 0.899. The third-order valence-electron chi connectivity index (χ3n) is 3.41. The topological polar surface area (TPSA) is 58.1 Å². The molecule has 5 nitrogen and oxygen atoms in total.